The minimum absolute atomic E-state index is 0.0504. The molecule has 2 heterocycles. The summed E-state index contributed by atoms with van der Waals surface area (Å²) in [6, 6.07) is 10.1. The molecule has 0 saturated carbocycles. The van der Waals surface area contributed by atoms with Crippen molar-refractivity contribution in [3.63, 3.8) is 0 Å². The van der Waals surface area contributed by atoms with Gasteiger partial charge in [0.2, 0.25) is 11.8 Å². The third kappa shape index (κ3) is 4.78. The van der Waals surface area contributed by atoms with Crippen LogP contribution in [0.2, 0.25) is 0 Å². The lowest BCUT2D eigenvalue weighted by Crippen LogP contribution is -2.45. The third-order valence-corrected chi connectivity index (χ3v) is 8.39. The molecule has 0 aliphatic carbocycles. The summed E-state index contributed by atoms with van der Waals surface area (Å²) in [5.74, 6) is -0.582. The Morgan fingerprint density at radius 3 is 2.47 bits per heavy atom. The Bertz CT molecular complexity index is 1160. The van der Waals surface area contributed by atoms with Crippen molar-refractivity contribution in [1.29, 1.82) is 0 Å². The van der Waals surface area contributed by atoms with Crippen LogP contribution < -0.4 is 10.0 Å². The highest BCUT2D eigenvalue weighted by Crippen LogP contribution is 2.38. The fourth-order valence-electron chi connectivity index (χ4n) is 4.01. The van der Waals surface area contributed by atoms with Crippen molar-refractivity contribution in [3.8, 4) is 0 Å². The van der Waals surface area contributed by atoms with E-state index < -0.39 is 21.2 Å². The molecular weight excluding hydrogens is 446 g/mol. The zero-order valence-corrected chi connectivity index (χ0v) is 19.8. The lowest BCUT2D eigenvalue weighted by Gasteiger charge is -2.29. The second-order valence-corrected chi connectivity index (χ2v) is 11.1. The lowest BCUT2D eigenvalue weighted by atomic mass is 10.1. The molecule has 2 aromatic carbocycles. The summed E-state index contributed by atoms with van der Waals surface area (Å²) >= 11 is 1.18. The normalized spacial score (nSPS) is 19.0. The number of likely N-dealkylation sites (tertiary alicyclic amines) is 1. The van der Waals surface area contributed by atoms with Gasteiger partial charge in [0.25, 0.3) is 10.0 Å². The van der Waals surface area contributed by atoms with Gasteiger partial charge in [0, 0.05) is 18.0 Å². The van der Waals surface area contributed by atoms with Crippen molar-refractivity contribution < 1.29 is 18.0 Å². The molecule has 1 fully saturated rings. The molecule has 0 spiro atoms. The molecule has 0 bridgehead atoms. The van der Waals surface area contributed by atoms with Crippen LogP contribution in [-0.4, -0.2) is 43.5 Å². The van der Waals surface area contributed by atoms with Crippen molar-refractivity contribution in [3.05, 3.63) is 47.5 Å². The number of carbonyl (C=O) groups is 2. The average Bonchev–Trinajstić information content (AvgIpc) is 3.04. The van der Waals surface area contributed by atoms with Crippen molar-refractivity contribution in [2.75, 3.05) is 23.1 Å². The largest absolute Gasteiger partial charge is 0.341 e. The maximum Gasteiger partial charge on any atom is 0.261 e. The number of nitrogens with one attached hydrogen (secondary N) is 2. The van der Waals surface area contributed by atoms with E-state index in [0.717, 1.165) is 36.8 Å². The molecule has 1 saturated heterocycles. The molecule has 0 radical (unpaired) electrons. The smallest absolute Gasteiger partial charge is 0.261 e. The first-order valence-corrected chi connectivity index (χ1v) is 13.1. The van der Waals surface area contributed by atoms with Crippen LogP contribution in [0.5, 0.6) is 0 Å². The molecule has 4 rings (SSSR count). The van der Waals surface area contributed by atoms with E-state index in [4.69, 9.17) is 0 Å². The Kier molecular flexibility index (Phi) is 6.48. The van der Waals surface area contributed by atoms with Crippen molar-refractivity contribution in [2.24, 2.45) is 0 Å². The SMILES string of the molecule is Cc1ccc(NS(=O)(=O)c2ccc3c(c2)NC(=O)C(C(=O)N2CCCCCC2)S3)c(C)c1. The number of nitrogens with zero attached hydrogens (tertiary/aromatic N) is 1. The van der Waals surface area contributed by atoms with Crippen LogP contribution in [0.25, 0.3) is 0 Å². The van der Waals surface area contributed by atoms with Gasteiger partial charge in [-0.05, 0) is 56.5 Å². The van der Waals surface area contributed by atoms with E-state index in [-0.39, 0.29) is 10.8 Å². The van der Waals surface area contributed by atoms with E-state index in [1.54, 1.807) is 17.0 Å². The quantitative estimate of drug-likeness (QED) is 0.656. The molecule has 2 amide bonds. The Hall–Kier alpha value is -2.52. The highest BCUT2D eigenvalue weighted by molar-refractivity contribution is 8.01. The van der Waals surface area contributed by atoms with Gasteiger partial charge in [-0.1, -0.05) is 30.5 Å². The fraction of sp³-hybridized carbons (Fsp3) is 0.391. The zero-order valence-electron chi connectivity index (χ0n) is 18.2. The predicted octanol–water partition coefficient (Wildman–Crippen LogP) is 3.92. The number of anilines is 2. The van der Waals surface area contributed by atoms with Crippen LogP contribution in [0, 0.1) is 13.8 Å². The summed E-state index contributed by atoms with van der Waals surface area (Å²) in [5.41, 5.74) is 2.78. The molecule has 2 N–H and O–H groups in total. The molecule has 2 aliphatic heterocycles. The van der Waals surface area contributed by atoms with Crippen LogP contribution in [0.3, 0.4) is 0 Å². The highest BCUT2D eigenvalue weighted by atomic mass is 32.2. The number of aryl methyl sites for hydroxylation is 2. The number of hydrogen-bond donors (Lipinski definition) is 2. The Morgan fingerprint density at radius 1 is 1.06 bits per heavy atom. The molecule has 32 heavy (non-hydrogen) atoms. The van der Waals surface area contributed by atoms with E-state index in [2.05, 4.69) is 10.0 Å². The molecule has 170 valence electrons. The van der Waals surface area contributed by atoms with Crippen molar-refractivity contribution in [1.82, 2.24) is 4.90 Å². The average molecular weight is 474 g/mol. The number of thioether (sulfide) groups is 1. The van der Waals surface area contributed by atoms with Crippen LogP contribution in [0.4, 0.5) is 11.4 Å². The van der Waals surface area contributed by atoms with Gasteiger partial charge in [-0.25, -0.2) is 8.42 Å². The number of sulfonamides is 1. The summed E-state index contributed by atoms with van der Waals surface area (Å²) in [6.07, 6.45) is 4.11. The van der Waals surface area contributed by atoms with Crippen LogP contribution in [0.15, 0.2) is 46.2 Å². The Balaban J connectivity index is 1.53. The van der Waals surface area contributed by atoms with Gasteiger partial charge in [-0.3, -0.25) is 14.3 Å². The lowest BCUT2D eigenvalue weighted by molar-refractivity contribution is -0.133. The summed E-state index contributed by atoms with van der Waals surface area (Å²) in [4.78, 5) is 28.2. The summed E-state index contributed by atoms with van der Waals surface area (Å²) in [5, 5.41) is 1.89. The van der Waals surface area contributed by atoms with Gasteiger partial charge in [0.05, 0.1) is 16.3 Å². The van der Waals surface area contributed by atoms with Crippen LogP contribution >= 0.6 is 11.8 Å². The summed E-state index contributed by atoms with van der Waals surface area (Å²) in [7, 11) is -3.84. The van der Waals surface area contributed by atoms with E-state index in [1.807, 2.05) is 26.0 Å². The highest BCUT2D eigenvalue weighted by Gasteiger charge is 2.36. The van der Waals surface area contributed by atoms with Crippen LogP contribution in [-0.2, 0) is 19.6 Å². The molecule has 2 aliphatic rings. The van der Waals surface area contributed by atoms with Gasteiger partial charge < -0.3 is 10.2 Å². The summed E-state index contributed by atoms with van der Waals surface area (Å²) < 4.78 is 28.5. The summed E-state index contributed by atoms with van der Waals surface area (Å²) in [6.45, 7) is 5.14. The van der Waals surface area contributed by atoms with Crippen LogP contribution in [0.1, 0.15) is 36.8 Å². The zero-order chi connectivity index (χ0) is 22.9. The first-order chi connectivity index (χ1) is 15.2. The maximum absolute atomic E-state index is 12.9. The second-order valence-electron chi connectivity index (χ2n) is 8.31. The number of fused-ring (bicyclic) bond motifs is 1. The van der Waals surface area contributed by atoms with E-state index >= 15 is 0 Å². The maximum atomic E-state index is 12.9. The van der Waals surface area contributed by atoms with Gasteiger partial charge in [-0.2, -0.15) is 0 Å². The topological polar surface area (TPSA) is 95.6 Å². The fourth-order valence-corrected chi connectivity index (χ4v) is 6.22. The molecule has 9 heteroatoms. The van der Waals surface area contributed by atoms with Gasteiger partial charge in [-0.15, -0.1) is 11.8 Å². The van der Waals surface area contributed by atoms with E-state index in [0.29, 0.717) is 29.4 Å². The first-order valence-electron chi connectivity index (χ1n) is 10.7. The molecule has 2 aromatic rings. The number of carbonyl (C=O) groups excluding carboxylic acids is 2. The minimum Gasteiger partial charge on any atom is -0.341 e. The first kappa shape index (κ1) is 22.7. The number of amides is 2. The molecule has 1 unspecified atom stereocenters. The second kappa shape index (κ2) is 9.15. The monoisotopic (exact) mass is 473 g/mol. The number of rotatable bonds is 4. The van der Waals surface area contributed by atoms with Gasteiger partial charge in [0.15, 0.2) is 5.25 Å². The van der Waals surface area contributed by atoms with Gasteiger partial charge in [0.1, 0.15) is 0 Å². The Morgan fingerprint density at radius 2 is 1.78 bits per heavy atom. The van der Waals surface area contributed by atoms with Gasteiger partial charge >= 0.3 is 0 Å². The predicted molar refractivity (Wildman–Crippen MR) is 126 cm³/mol. The number of benzene rings is 2. The molecule has 0 aromatic heterocycles. The molecule has 7 nitrogen and oxygen atoms in total. The van der Waals surface area contributed by atoms with Crippen molar-refractivity contribution >= 4 is 45.0 Å². The molecule has 1 atom stereocenters. The van der Waals surface area contributed by atoms with E-state index in [9.17, 15) is 18.0 Å². The Labute approximate surface area is 193 Å². The third-order valence-electron chi connectivity index (χ3n) is 5.77. The number of hydrogen-bond acceptors (Lipinski definition) is 5. The van der Waals surface area contributed by atoms with Crippen molar-refractivity contribution in [2.45, 2.75) is 54.6 Å². The van der Waals surface area contributed by atoms with E-state index in [1.165, 1.54) is 23.9 Å². The minimum atomic E-state index is -3.84. The standard InChI is InChI=1S/C23H27N3O4S2/c1-15-7-9-18(16(2)13-15)25-32(29,30)17-8-10-20-19(14-17)24-22(27)21(31-20)23(28)26-11-5-3-4-6-12-26/h7-10,13-14,21,25H,3-6,11-12H2,1-2H3,(H,24,27). The molecular formula is C23H27N3O4S2.